The smallest absolute Gasteiger partial charge is 0.291 e. The number of hydrogen-bond donors (Lipinski definition) is 1. The van der Waals surface area contributed by atoms with Gasteiger partial charge in [-0.1, -0.05) is 23.8 Å². The second-order valence-corrected chi connectivity index (χ2v) is 5.83. The first kappa shape index (κ1) is 14.4. The first-order valence-electron chi connectivity index (χ1n) is 7.34. The number of anilines is 1. The summed E-state index contributed by atoms with van der Waals surface area (Å²) in [5.41, 5.74) is 5.73. The first-order valence-corrected chi connectivity index (χ1v) is 7.34. The Labute approximate surface area is 130 Å². The summed E-state index contributed by atoms with van der Waals surface area (Å²) in [6.45, 7) is 7.93. The number of aryl methyl sites for hydroxylation is 4. The molecular weight excluding hydrogens is 274 g/mol. The second kappa shape index (κ2) is 5.34. The highest BCUT2D eigenvalue weighted by Crippen LogP contribution is 2.27. The van der Waals surface area contributed by atoms with Crippen LogP contribution in [0.15, 0.2) is 40.8 Å². The van der Waals surface area contributed by atoms with Crippen molar-refractivity contribution in [3.63, 3.8) is 0 Å². The maximum absolute atomic E-state index is 12.5. The largest absolute Gasteiger partial charge is 0.451 e. The van der Waals surface area contributed by atoms with Crippen LogP contribution in [0.5, 0.6) is 0 Å². The normalized spacial score (nSPS) is 10.9. The van der Waals surface area contributed by atoms with E-state index < -0.39 is 0 Å². The molecule has 0 unspecified atom stereocenters. The fourth-order valence-corrected chi connectivity index (χ4v) is 2.60. The molecule has 3 aromatic rings. The van der Waals surface area contributed by atoms with Crippen molar-refractivity contribution in [1.82, 2.24) is 0 Å². The maximum atomic E-state index is 12.5. The van der Waals surface area contributed by atoms with E-state index in [1.807, 2.05) is 64.1 Å². The fourth-order valence-electron chi connectivity index (χ4n) is 2.60. The number of amides is 1. The van der Waals surface area contributed by atoms with Crippen LogP contribution in [0.4, 0.5) is 5.69 Å². The number of furan rings is 1. The molecule has 0 fully saturated rings. The van der Waals surface area contributed by atoms with Gasteiger partial charge in [0.15, 0.2) is 5.76 Å². The lowest BCUT2D eigenvalue weighted by atomic mass is 10.1. The summed E-state index contributed by atoms with van der Waals surface area (Å²) in [6.07, 6.45) is 0. The quantitative estimate of drug-likeness (QED) is 0.728. The van der Waals surface area contributed by atoms with Gasteiger partial charge in [0, 0.05) is 16.6 Å². The fraction of sp³-hybridized carbons (Fsp3) is 0.211. The summed E-state index contributed by atoms with van der Waals surface area (Å²) in [5.74, 6) is 0.168. The number of nitrogens with one attached hydrogen (secondary N) is 1. The van der Waals surface area contributed by atoms with Crippen molar-refractivity contribution in [2.45, 2.75) is 27.7 Å². The third kappa shape index (κ3) is 2.50. The Balaban J connectivity index is 1.99. The van der Waals surface area contributed by atoms with E-state index in [9.17, 15) is 4.79 Å². The van der Waals surface area contributed by atoms with E-state index in [1.54, 1.807) is 0 Å². The lowest BCUT2D eigenvalue weighted by Crippen LogP contribution is -2.13. The van der Waals surface area contributed by atoms with Crippen molar-refractivity contribution in [2.75, 3.05) is 5.32 Å². The van der Waals surface area contributed by atoms with Crippen molar-refractivity contribution < 1.29 is 9.21 Å². The van der Waals surface area contributed by atoms with Gasteiger partial charge in [-0.05, 0) is 57.0 Å². The number of fused-ring (bicyclic) bond motifs is 1. The van der Waals surface area contributed by atoms with Crippen LogP contribution in [0.2, 0.25) is 0 Å². The van der Waals surface area contributed by atoms with Gasteiger partial charge >= 0.3 is 0 Å². The number of benzene rings is 2. The molecule has 1 heterocycles. The van der Waals surface area contributed by atoms with Crippen LogP contribution >= 0.6 is 0 Å². The van der Waals surface area contributed by atoms with E-state index in [4.69, 9.17) is 4.42 Å². The minimum atomic E-state index is -0.208. The molecule has 0 saturated carbocycles. The van der Waals surface area contributed by atoms with Gasteiger partial charge in [0.2, 0.25) is 0 Å². The van der Waals surface area contributed by atoms with Crippen molar-refractivity contribution >= 4 is 22.6 Å². The minimum Gasteiger partial charge on any atom is -0.451 e. The maximum Gasteiger partial charge on any atom is 0.291 e. The molecule has 112 valence electrons. The zero-order chi connectivity index (χ0) is 15.9. The Kier molecular flexibility index (Phi) is 3.49. The summed E-state index contributed by atoms with van der Waals surface area (Å²) < 4.78 is 5.75. The predicted molar refractivity (Wildman–Crippen MR) is 89.6 cm³/mol. The van der Waals surface area contributed by atoms with Crippen LogP contribution < -0.4 is 5.32 Å². The molecule has 0 aliphatic rings. The lowest BCUT2D eigenvalue weighted by molar-refractivity contribution is 0.0998. The van der Waals surface area contributed by atoms with Crippen molar-refractivity contribution in [1.29, 1.82) is 0 Å². The van der Waals surface area contributed by atoms with Crippen LogP contribution in [0.1, 0.15) is 32.8 Å². The van der Waals surface area contributed by atoms with E-state index in [1.165, 1.54) is 0 Å². The second-order valence-electron chi connectivity index (χ2n) is 5.83. The zero-order valence-electron chi connectivity index (χ0n) is 13.3. The highest BCUT2D eigenvalue weighted by molar-refractivity contribution is 6.06. The topological polar surface area (TPSA) is 42.2 Å². The summed E-state index contributed by atoms with van der Waals surface area (Å²) in [4.78, 5) is 12.5. The monoisotopic (exact) mass is 293 g/mol. The van der Waals surface area contributed by atoms with Crippen molar-refractivity contribution in [3.8, 4) is 0 Å². The summed E-state index contributed by atoms with van der Waals surface area (Å²) in [6, 6.07) is 11.9. The van der Waals surface area contributed by atoms with E-state index in [0.29, 0.717) is 5.76 Å². The van der Waals surface area contributed by atoms with Gasteiger partial charge in [0.1, 0.15) is 5.58 Å². The van der Waals surface area contributed by atoms with Crippen LogP contribution in [0.3, 0.4) is 0 Å². The molecular formula is C19H19NO2. The SMILES string of the molecule is Cc1ccc(C)c(NC(=O)c2oc3ccc(C)cc3c2C)c1. The molecule has 1 amide bonds. The van der Waals surface area contributed by atoms with E-state index in [-0.39, 0.29) is 5.91 Å². The average molecular weight is 293 g/mol. The molecule has 22 heavy (non-hydrogen) atoms. The molecule has 0 bridgehead atoms. The molecule has 3 heteroatoms. The molecule has 0 saturated heterocycles. The van der Waals surface area contributed by atoms with Gasteiger partial charge < -0.3 is 9.73 Å². The number of carbonyl (C=O) groups excluding carboxylic acids is 1. The van der Waals surface area contributed by atoms with Crippen LogP contribution in [-0.4, -0.2) is 5.91 Å². The zero-order valence-corrected chi connectivity index (χ0v) is 13.3. The number of rotatable bonds is 2. The molecule has 0 atom stereocenters. The third-order valence-corrected chi connectivity index (χ3v) is 3.94. The predicted octanol–water partition coefficient (Wildman–Crippen LogP) is 4.92. The molecule has 0 radical (unpaired) electrons. The molecule has 2 aromatic carbocycles. The standard InChI is InChI=1S/C19H19NO2/c1-11-6-8-17-15(9-11)14(4)18(22-17)19(21)20-16-10-12(2)5-7-13(16)3/h5-10H,1-4H3,(H,20,21). The summed E-state index contributed by atoms with van der Waals surface area (Å²) in [7, 11) is 0. The molecule has 0 aliphatic carbocycles. The van der Waals surface area contributed by atoms with Gasteiger partial charge in [0.05, 0.1) is 0 Å². The lowest BCUT2D eigenvalue weighted by Gasteiger charge is -2.08. The van der Waals surface area contributed by atoms with Crippen LogP contribution in [-0.2, 0) is 0 Å². The van der Waals surface area contributed by atoms with Gasteiger partial charge in [-0.2, -0.15) is 0 Å². The Morgan fingerprint density at radius 3 is 2.41 bits per heavy atom. The highest BCUT2D eigenvalue weighted by atomic mass is 16.3. The van der Waals surface area contributed by atoms with Crippen LogP contribution in [0, 0.1) is 27.7 Å². The van der Waals surface area contributed by atoms with Gasteiger partial charge in [-0.15, -0.1) is 0 Å². The Hall–Kier alpha value is -2.55. The van der Waals surface area contributed by atoms with Gasteiger partial charge in [-0.25, -0.2) is 0 Å². The van der Waals surface area contributed by atoms with E-state index >= 15 is 0 Å². The Bertz CT molecular complexity index is 875. The van der Waals surface area contributed by atoms with E-state index in [0.717, 1.165) is 38.9 Å². The molecule has 1 N–H and O–H groups in total. The third-order valence-electron chi connectivity index (χ3n) is 3.94. The Morgan fingerprint density at radius 2 is 1.64 bits per heavy atom. The summed E-state index contributed by atoms with van der Waals surface area (Å²) >= 11 is 0. The minimum absolute atomic E-state index is 0.208. The van der Waals surface area contributed by atoms with Crippen molar-refractivity contribution in [2.24, 2.45) is 0 Å². The molecule has 0 spiro atoms. The van der Waals surface area contributed by atoms with Gasteiger partial charge in [0.25, 0.3) is 5.91 Å². The van der Waals surface area contributed by atoms with Gasteiger partial charge in [-0.3, -0.25) is 4.79 Å². The van der Waals surface area contributed by atoms with Crippen LogP contribution in [0.25, 0.3) is 11.0 Å². The molecule has 1 aromatic heterocycles. The Morgan fingerprint density at radius 1 is 0.955 bits per heavy atom. The van der Waals surface area contributed by atoms with Crippen molar-refractivity contribution in [3.05, 3.63) is 64.4 Å². The summed E-state index contributed by atoms with van der Waals surface area (Å²) in [5, 5.41) is 3.94. The highest BCUT2D eigenvalue weighted by Gasteiger charge is 2.18. The van der Waals surface area contributed by atoms with E-state index in [2.05, 4.69) is 5.32 Å². The molecule has 3 nitrogen and oxygen atoms in total. The molecule has 3 rings (SSSR count). The number of hydrogen-bond acceptors (Lipinski definition) is 2. The average Bonchev–Trinajstić information content (AvgIpc) is 2.80. The first-order chi connectivity index (χ1) is 10.5. The number of carbonyl (C=O) groups is 1. The molecule has 0 aliphatic heterocycles.